The first kappa shape index (κ1) is 14.2. The van der Waals surface area contributed by atoms with Gasteiger partial charge in [-0.3, -0.25) is 9.69 Å². The standard InChI is InChI=1S/C16H24N2O/c1-12(19)14-8-9-15(17)16(10-14)18(2)11-13-6-4-3-5-7-13/h3-7,14-16H,8-11,17H2,1-2H3. The van der Waals surface area contributed by atoms with Crippen molar-refractivity contribution in [2.24, 2.45) is 11.7 Å². The zero-order valence-corrected chi connectivity index (χ0v) is 11.9. The van der Waals surface area contributed by atoms with E-state index in [2.05, 4.69) is 36.2 Å². The first-order valence-electron chi connectivity index (χ1n) is 7.08. The molecule has 1 aromatic rings. The van der Waals surface area contributed by atoms with Crippen molar-refractivity contribution in [2.45, 2.75) is 44.8 Å². The molecule has 3 heteroatoms. The number of carbonyl (C=O) groups excluding carboxylic acids is 1. The van der Waals surface area contributed by atoms with E-state index in [1.165, 1.54) is 5.56 Å². The van der Waals surface area contributed by atoms with Gasteiger partial charge in [0.25, 0.3) is 0 Å². The molecule has 0 spiro atoms. The maximum absolute atomic E-state index is 11.6. The Labute approximate surface area is 115 Å². The smallest absolute Gasteiger partial charge is 0.132 e. The van der Waals surface area contributed by atoms with Crippen LogP contribution >= 0.6 is 0 Å². The summed E-state index contributed by atoms with van der Waals surface area (Å²) in [5.41, 5.74) is 7.54. The largest absolute Gasteiger partial charge is 0.326 e. The molecule has 0 amide bonds. The number of rotatable bonds is 4. The Morgan fingerprint density at radius 1 is 1.32 bits per heavy atom. The summed E-state index contributed by atoms with van der Waals surface area (Å²) < 4.78 is 0. The van der Waals surface area contributed by atoms with Crippen LogP contribution in [-0.4, -0.2) is 29.8 Å². The number of likely N-dealkylation sites (N-methyl/N-ethyl adjacent to an activating group) is 1. The second kappa shape index (κ2) is 6.31. The lowest BCUT2D eigenvalue weighted by Gasteiger charge is -2.39. The first-order valence-corrected chi connectivity index (χ1v) is 7.08. The second-order valence-electron chi connectivity index (χ2n) is 5.75. The van der Waals surface area contributed by atoms with E-state index in [9.17, 15) is 4.79 Å². The average Bonchev–Trinajstić information content (AvgIpc) is 2.40. The van der Waals surface area contributed by atoms with E-state index in [0.29, 0.717) is 11.8 Å². The fourth-order valence-corrected chi connectivity index (χ4v) is 3.03. The van der Waals surface area contributed by atoms with Crippen molar-refractivity contribution in [3.63, 3.8) is 0 Å². The average molecular weight is 260 g/mol. The zero-order valence-electron chi connectivity index (χ0n) is 11.9. The summed E-state index contributed by atoms with van der Waals surface area (Å²) in [5, 5.41) is 0. The number of nitrogens with zero attached hydrogens (tertiary/aromatic N) is 1. The second-order valence-corrected chi connectivity index (χ2v) is 5.75. The van der Waals surface area contributed by atoms with Crippen LogP contribution in [0.3, 0.4) is 0 Å². The fourth-order valence-electron chi connectivity index (χ4n) is 3.03. The van der Waals surface area contributed by atoms with Crippen molar-refractivity contribution in [3.8, 4) is 0 Å². The normalized spacial score (nSPS) is 27.5. The van der Waals surface area contributed by atoms with Crippen LogP contribution in [0.15, 0.2) is 30.3 Å². The van der Waals surface area contributed by atoms with Crippen molar-refractivity contribution in [1.29, 1.82) is 0 Å². The molecule has 3 atom stereocenters. The number of benzene rings is 1. The SMILES string of the molecule is CC(=O)C1CCC(N)C(N(C)Cc2ccccc2)C1. The molecule has 0 bridgehead atoms. The summed E-state index contributed by atoms with van der Waals surface area (Å²) in [6.07, 6.45) is 2.81. The molecule has 3 unspecified atom stereocenters. The molecule has 0 aliphatic heterocycles. The van der Waals surface area contributed by atoms with Crippen molar-refractivity contribution >= 4 is 5.78 Å². The highest BCUT2D eigenvalue weighted by Crippen LogP contribution is 2.28. The molecule has 1 aliphatic rings. The highest BCUT2D eigenvalue weighted by atomic mass is 16.1. The zero-order chi connectivity index (χ0) is 13.8. The van der Waals surface area contributed by atoms with Gasteiger partial charge < -0.3 is 5.73 Å². The van der Waals surface area contributed by atoms with Gasteiger partial charge in [0.1, 0.15) is 5.78 Å². The Hall–Kier alpha value is -1.19. The fraction of sp³-hybridized carbons (Fsp3) is 0.562. The lowest BCUT2D eigenvalue weighted by molar-refractivity contribution is -0.122. The van der Waals surface area contributed by atoms with Gasteiger partial charge in [-0.2, -0.15) is 0 Å². The van der Waals surface area contributed by atoms with E-state index in [1.54, 1.807) is 6.92 Å². The summed E-state index contributed by atoms with van der Waals surface area (Å²) in [6.45, 7) is 2.60. The predicted molar refractivity (Wildman–Crippen MR) is 77.7 cm³/mol. The Morgan fingerprint density at radius 3 is 2.63 bits per heavy atom. The summed E-state index contributed by atoms with van der Waals surface area (Å²) in [4.78, 5) is 13.9. The molecule has 0 aromatic heterocycles. The van der Waals surface area contributed by atoms with E-state index in [4.69, 9.17) is 5.73 Å². The van der Waals surface area contributed by atoms with Gasteiger partial charge in [0.2, 0.25) is 0 Å². The number of nitrogens with two attached hydrogens (primary N) is 1. The quantitative estimate of drug-likeness (QED) is 0.903. The number of Topliss-reactive ketones (excluding diaryl/α,β-unsaturated/α-hetero) is 1. The van der Waals surface area contributed by atoms with E-state index < -0.39 is 0 Å². The lowest BCUT2D eigenvalue weighted by Crippen LogP contribution is -2.50. The minimum atomic E-state index is 0.185. The van der Waals surface area contributed by atoms with Gasteiger partial charge in [0.05, 0.1) is 0 Å². The van der Waals surface area contributed by atoms with E-state index in [-0.39, 0.29) is 12.0 Å². The molecule has 1 saturated carbocycles. The van der Waals surface area contributed by atoms with E-state index in [0.717, 1.165) is 25.8 Å². The van der Waals surface area contributed by atoms with Gasteiger partial charge in [0, 0.05) is 24.5 Å². The van der Waals surface area contributed by atoms with Crippen molar-refractivity contribution < 1.29 is 4.79 Å². The molecular weight excluding hydrogens is 236 g/mol. The van der Waals surface area contributed by atoms with E-state index in [1.807, 2.05) is 6.07 Å². The third-order valence-electron chi connectivity index (χ3n) is 4.28. The Bertz CT molecular complexity index is 418. The summed E-state index contributed by atoms with van der Waals surface area (Å²) in [6, 6.07) is 10.9. The molecule has 1 fully saturated rings. The minimum Gasteiger partial charge on any atom is -0.326 e. The van der Waals surface area contributed by atoms with Crippen LogP contribution in [0.1, 0.15) is 31.7 Å². The van der Waals surface area contributed by atoms with Gasteiger partial charge in [-0.15, -0.1) is 0 Å². The maximum atomic E-state index is 11.6. The maximum Gasteiger partial charge on any atom is 0.132 e. The van der Waals surface area contributed by atoms with Crippen molar-refractivity contribution in [3.05, 3.63) is 35.9 Å². The molecular formula is C16H24N2O. The van der Waals surface area contributed by atoms with Crippen molar-refractivity contribution in [2.75, 3.05) is 7.05 Å². The van der Waals surface area contributed by atoms with Crippen LogP contribution < -0.4 is 5.73 Å². The third-order valence-corrected chi connectivity index (χ3v) is 4.28. The van der Waals surface area contributed by atoms with E-state index >= 15 is 0 Å². The lowest BCUT2D eigenvalue weighted by atomic mass is 9.80. The Morgan fingerprint density at radius 2 is 2.00 bits per heavy atom. The molecule has 0 saturated heterocycles. The van der Waals surface area contributed by atoms with Crippen LogP contribution in [-0.2, 0) is 11.3 Å². The van der Waals surface area contributed by atoms with Crippen LogP contribution in [0.25, 0.3) is 0 Å². The molecule has 0 radical (unpaired) electrons. The van der Waals surface area contributed by atoms with Crippen LogP contribution in [0.2, 0.25) is 0 Å². The van der Waals surface area contributed by atoms with Gasteiger partial charge in [-0.05, 0) is 38.8 Å². The molecule has 2 N–H and O–H groups in total. The highest BCUT2D eigenvalue weighted by Gasteiger charge is 2.32. The highest BCUT2D eigenvalue weighted by molar-refractivity contribution is 5.78. The van der Waals surface area contributed by atoms with Crippen LogP contribution in [0.5, 0.6) is 0 Å². The topological polar surface area (TPSA) is 46.3 Å². The number of hydrogen-bond acceptors (Lipinski definition) is 3. The molecule has 104 valence electrons. The minimum absolute atomic E-state index is 0.185. The van der Waals surface area contributed by atoms with Crippen LogP contribution in [0, 0.1) is 5.92 Å². The molecule has 0 heterocycles. The first-order chi connectivity index (χ1) is 9.08. The Kier molecular flexibility index (Phi) is 4.72. The molecule has 2 rings (SSSR count). The summed E-state index contributed by atoms with van der Waals surface area (Å²) >= 11 is 0. The number of ketones is 1. The Balaban J connectivity index is 2.00. The summed E-state index contributed by atoms with van der Waals surface area (Å²) in [7, 11) is 2.11. The number of hydrogen-bond donors (Lipinski definition) is 1. The molecule has 1 aromatic carbocycles. The van der Waals surface area contributed by atoms with Gasteiger partial charge in [-0.1, -0.05) is 30.3 Å². The number of carbonyl (C=O) groups is 1. The molecule has 3 nitrogen and oxygen atoms in total. The summed E-state index contributed by atoms with van der Waals surface area (Å²) in [5.74, 6) is 0.507. The van der Waals surface area contributed by atoms with Gasteiger partial charge in [-0.25, -0.2) is 0 Å². The predicted octanol–water partition coefficient (Wildman–Crippen LogP) is 2.20. The van der Waals surface area contributed by atoms with Crippen LogP contribution in [0.4, 0.5) is 0 Å². The van der Waals surface area contributed by atoms with Crippen molar-refractivity contribution in [1.82, 2.24) is 4.90 Å². The monoisotopic (exact) mass is 260 g/mol. The molecule has 19 heavy (non-hydrogen) atoms. The van der Waals surface area contributed by atoms with Gasteiger partial charge >= 0.3 is 0 Å². The molecule has 1 aliphatic carbocycles. The third kappa shape index (κ3) is 3.64. The van der Waals surface area contributed by atoms with Gasteiger partial charge in [0.15, 0.2) is 0 Å².